The summed E-state index contributed by atoms with van der Waals surface area (Å²) < 4.78 is 9.61. The van der Waals surface area contributed by atoms with Gasteiger partial charge in [-0.3, -0.25) is 0 Å². The highest BCUT2D eigenvalue weighted by molar-refractivity contribution is 6.32. The van der Waals surface area contributed by atoms with E-state index < -0.39 is 11.9 Å². The third-order valence-corrected chi connectivity index (χ3v) is 2.92. The molecule has 0 spiro atoms. The Balaban J connectivity index is 2.95. The SMILES string of the molecule is CC#CCO/N=C/c1cc(Cl)c(C)cc1OC(=O)C(=O)OCC. The van der Waals surface area contributed by atoms with Crippen molar-refractivity contribution in [3.63, 3.8) is 0 Å². The van der Waals surface area contributed by atoms with Gasteiger partial charge in [0.25, 0.3) is 0 Å². The van der Waals surface area contributed by atoms with Crippen LogP contribution >= 0.6 is 11.6 Å². The first-order chi connectivity index (χ1) is 11.0. The van der Waals surface area contributed by atoms with Crippen molar-refractivity contribution in [1.29, 1.82) is 0 Å². The Morgan fingerprint density at radius 3 is 2.74 bits per heavy atom. The fourth-order valence-corrected chi connectivity index (χ4v) is 1.60. The molecule has 0 aliphatic carbocycles. The maximum atomic E-state index is 11.6. The minimum atomic E-state index is -1.12. The van der Waals surface area contributed by atoms with Crippen LogP contribution in [0.1, 0.15) is 25.0 Å². The number of hydrogen-bond acceptors (Lipinski definition) is 6. The van der Waals surface area contributed by atoms with Crippen LogP contribution < -0.4 is 4.74 Å². The van der Waals surface area contributed by atoms with Crippen LogP contribution in [0.15, 0.2) is 17.3 Å². The molecule has 23 heavy (non-hydrogen) atoms. The first kappa shape index (κ1) is 18.5. The monoisotopic (exact) mass is 337 g/mol. The molecule has 0 radical (unpaired) electrons. The smallest absolute Gasteiger partial charge is 0.422 e. The first-order valence-electron chi connectivity index (χ1n) is 6.73. The second-order valence-corrected chi connectivity index (χ2v) is 4.59. The van der Waals surface area contributed by atoms with Gasteiger partial charge < -0.3 is 14.3 Å². The molecule has 0 atom stereocenters. The molecule has 0 aromatic heterocycles. The molecule has 0 unspecified atom stereocenters. The molecule has 0 N–H and O–H groups in total. The van der Waals surface area contributed by atoms with Gasteiger partial charge in [0.1, 0.15) is 5.75 Å². The van der Waals surface area contributed by atoms with Gasteiger partial charge in [0.15, 0.2) is 6.61 Å². The van der Waals surface area contributed by atoms with Gasteiger partial charge in [0.05, 0.1) is 12.8 Å². The molecular formula is C16H16ClNO5. The fraction of sp³-hybridized carbons (Fsp3) is 0.312. The summed E-state index contributed by atoms with van der Waals surface area (Å²) in [6.07, 6.45) is 1.32. The van der Waals surface area contributed by atoms with Gasteiger partial charge in [-0.1, -0.05) is 22.7 Å². The van der Waals surface area contributed by atoms with Crippen molar-refractivity contribution in [2.75, 3.05) is 13.2 Å². The second kappa shape index (κ2) is 9.49. The molecule has 0 aliphatic rings. The van der Waals surface area contributed by atoms with Gasteiger partial charge in [-0.25, -0.2) is 9.59 Å². The molecule has 0 bridgehead atoms. The molecule has 6 nitrogen and oxygen atoms in total. The number of ether oxygens (including phenoxy) is 2. The fourth-order valence-electron chi connectivity index (χ4n) is 1.43. The number of carbonyl (C=O) groups excluding carboxylic acids is 2. The number of carbonyl (C=O) groups is 2. The zero-order valence-corrected chi connectivity index (χ0v) is 13.8. The standard InChI is InChI=1S/C16H16ClNO5/c1-4-6-7-22-18-10-12-9-13(17)11(3)8-14(12)23-16(20)15(19)21-5-2/h8-10H,5,7H2,1-3H3/b18-10+. The zero-order valence-electron chi connectivity index (χ0n) is 13.0. The lowest BCUT2D eigenvalue weighted by Crippen LogP contribution is -2.23. The lowest BCUT2D eigenvalue weighted by Gasteiger charge is -2.09. The van der Waals surface area contributed by atoms with Crippen molar-refractivity contribution in [2.24, 2.45) is 5.16 Å². The van der Waals surface area contributed by atoms with E-state index in [2.05, 4.69) is 21.7 Å². The third kappa shape index (κ3) is 6.01. The number of benzene rings is 1. The lowest BCUT2D eigenvalue weighted by atomic mass is 10.1. The summed E-state index contributed by atoms with van der Waals surface area (Å²) in [4.78, 5) is 27.9. The average Bonchev–Trinajstić information content (AvgIpc) is 2.51. The number of halogens is 1. The van der Waals surface area contributed by atoms with E-state index in [4.69, 9.17) is 21.2 Å². The summed E-state index contributed by atoms with van der Waals surface area (Å²) in [5, 5.41) is 4.16. The number of nitrogens with zero attached hydrogens (tertiary/aromatic N) is 1. The van der Waals surface area contributed by atoms with Crippen LogP contribution in [0.25, 0.3) is 0 Å². The van der Waals surface area contributed by atoms with E-state index in [0.29, 0.717) is 16.1 Å². The van der Waals surface area contributed by atoms with Crippen molar-refractivity contribution in [1.82, 2.24) is 0 Å². The van der Waals surface area contributed by atoms with Crippen molar-refractivity contribution >= 4 is 29.8 Å². The predicted molar refractivity (Wildman–Crippen MR) is 85.5 cm³/mol. The molecule has 1 aromatic rings. The summed E-state index contributed by atoms with van der Waals surface area (Å²) in [6, 6.07) is 3.07. The van der Waals surface area contributed by atoms with Gasteiger partial charge in [-0.15, -0.1) is 5.92 Å². The summed E-state index contributed by atoms with van der Waals surface area (Å²) >= 11 is 6.04. The largest absolute Gasteiger partial charge is 0.458 e. The van der Waals surface area contributed by atoms with Crippen molar-refractivity contribution in [3.05, 3.63) is 28.3 Å². The highest BCUT2D eigenvalue weighted by atomic mass is 35.5. The normalized spacial score (nSPS) is 9.91. The Labute approximate surface area is 139 Å². The predicted octanol–water partition coefficient (Wildman–Crippen LogP) is 2.49. The summed E-state index contributed by atoms with van der Waals surface area (Å²) in [5.74, 6) is 3.25. The summed E-state index contributed by atoms with van der Waals surface area (Å²) in [7, 11) is 0. The Hall–Kier alpha value is -2.52. The van der Waals surface area contributed by atoms with Gasteiger partial charge >= 0.3 is 11.9 Å². The molecule has 0 aliphatic heterocycles. The lowest BCUT2D eigenvalue weighted by molar-refractivity contribution is -0.161. The first-order valence-corrected chi connectivity index (χ1v) is 7.11. The van der Waals surface area contributed by atoms with Crippen molar-refractivity contribution in [2.45, 2.75) is 20.8 Å². The number of rotatable bonds is 5. The van der Waals surface area contributed by atoms with E-state index >= 15 is 0 Å². The summed E-state index contributed by atoms with van der Waals surface area (Å²) in [6.45, 7) is 5.21. The summed E-state index contributed by atoms with van der Waals surface area (Å²) in [5.41, 5.74) is 1.05. The molecule has 0 amide bonds. The van der Waals surface area contributed by atoms with E-state index in [1.807, 2.05) is 0 Å². The highest BCUT2D eigenvalue weighted by Gasteiger charge is 2.19. The number of oxime groups is 1. The van der Waals surface area contributed by atoms with Crippen LogP contribution in [-0.2, 0) is 19.2 Å². The van der Waals surface area contributed by atoms with Crippen molar-refractivity contribution in [3.8, 4) is 17.6 Å². The minimum Gasteiger partial charge on any atom is -0.458 e. The van der Waals surface area contributed by atoms with Crippen LogP contribution in [0.2, 0.25) is 5.02 Å². The molecule has 122 valence electrons. The second-order valence-electron chi connectivity index (χ2n) is 4.18. The third-order valence-electron chi connectivity index (χ3n) is 2.52. The van der Waals surface area contributed by atoms with Gasteiger partial charge in [-0.2, -0.15) is 0 Å². The highest BCUT2D eigenvalue weighted by Crippen LogP contribution is 2.26. The Morgan fingerprint density at radius 2 is 2.09 bits per heavy atom. The number of hydrogen-bond donors (Lipinski definition) is 0. The van der Waals surface area contributed by atoms with Gasteiger partial charge in [-0.05, 0) is 38.5 Å². The molecule has 0 saturated carbocycles. The minimum absolute atomic E-state index is 0.0776. The van der Waals surface area contributed by atoms with Crippen LogP contribution in [0, 0.1) is 18.8 Å². The van der Waals surface area contributed by atoms with Gasteiger partial charge in [0, 0.05) is 10.6 Å². The number of aryl methyl sites for hydroxylation is 1. The Morgan fingerprint density at radius 1 is 1.35 bits per heavy atom. The maximum Gasteiger partial charge on any atom is 0.422 e. The molecule has 7 heteroatoms. The van der Waals surface area contributed by atoms with Crippen LogP contribution in [-0.4, -0.2) is 31.4 Å². The molecule has 0 fully saturated rings. The molecule has 1 rings (SSSR count). The zero-order chi connectivity index (χ0) is 17.2. The molecule has 0 heterocycles. The number of esters is 2. The van der Waals surface area contributed by atoms with Crippen LogP contribution in [0.4, 0.5) is 0 Å². The molecule has 1 aromatic carbocycles. The van der Waals surface area contributed by atoms with E-state index in [0.717, 1.165) is 0 Å². The molecule has 0 saturated heterocycles. The topological polar surface area (TPSA) is 74.2 Å². The van der Waals surface area contributed by atoms with Crippen LogP contribution in [0.3, 0.4) is 0 Å². The average molecular weight is 338 g/mol. The van der Waals surface area contributed by atoms with Crippen LogP contribution in [0.5, 0.6) is 5.75 Å². The molecular weight excluding hydrogens is 322 g/mol. The quantitative estimate of drug-likeness (QED) is 0.157. The maximum absolute atomic E-state index is 11.6. The van der Waals surface area contributed by atoms with E-state index in [-0.39, 0.29) is 19.0 Å². The Kier molecular flexibility index (Phi) is 7.64. The van der Waals surface area contributed by atoms with Crippen molar-refractivity contribution < 1.29 is 23.9 Å². The van der Waals surface area contributed by atoms with E-state index in [9.17, 15) is 9.59 Å². The van der Waals surface area contributed by atoms with E-state index in [1.54, 1.807) is 26.8 Å². The Bertz CT molecular complexity index is 673. The van der Waals surface area contributed by atoms with E-state index in [1.165, 1.54) is 12.3 Å². The van der Waals surface area contributed by atoms with Gasteiger partial charge in [0.2, 0.25) is 0 Å².